The number of benzene rings is 2. The molecule has 0 fully saturated rings. The lowest BCUT2D eigenvalue weighted by Crippen LogP contribution is -2.34. The lowest BCUT2D eigenvalue weighted by molar-refractivity contribution is -0.384. The van der Waals surface area contributed by atoms with Crippen LogP contribution in [0.4, 0.5) is 21.0 Å². The summed E-state index contributed by atoms with van der Waals surface area (Å²) in [6.45, 7) is -0.0490. The Kier molecular flexibility index (Phi) is 5.74. The molecule has 0 atom stereocenters. The summed E-state index contributed by atoms with van der Waals surface area (Å²) < 4.78 is 0. The fourth-order valence-corrected chi connectivity index (χ4v) is 2.51. The number of anilines is 1. The molecule has 2 N–H and O–H groups in total. The van der Waals surface area contributed by atoms with E-state index in [-0.39, 0.29) is 16.2 Å². The highest BCUT2D eigenvalue weighted by molar-refractivity contribution is 5.85. The minimum Gasteiger partial charge on any atom is -0.465 e. The van der Waals surface area contributed by atoms with E-state index in [1.807, 2.05) is 30.3 Å². The quantitative estimate of drug-likeness (QED) is 0.598. The third-order valence-electron chi connectivity index (χ3n) is 3.74. The number of nitro groups is 1. The van der Waals surface area contributed by atoms with Crippen LogP contribution in [-0.4, -0.2) is 39.3 Å². The molecule has 0 radical (unpaired) electrons. The van der Waals surface area contributed by atoms with Gasteiger partial charge >= 0.3 is 12.2 Å². The Bertz CT molecular complexity index is 811. The first-order valence-corrected chi connectivity index (χ1v) is 7.55. The van der Waals surface area contributed by atoms with E-state index >= 15 is 0 Å². The molecule has 136 valence electrons. The Balaban J connectivity index is 2.39. The zero-order valence-electron chi connectivity index (χ0n) is 13.9. The summed E-state index contributed by atoms with van der Waals surface area (Å²) in [5, 5.41) is 29.1. The smallest absolute Gasteiger partial charge is 0.417 e. The summed E-state index contributed by atoms with van der Waals surface area (Å²) in [5.41, 5.74) is 1.47. The fraction of sp³-hybridized carbons (Fsp3) is 0.176. The molecule has 0 aliphatic heterocycles. The first-order chi connectivity index (χ1) is 12.3. The first-order valence-electron chi connectivity index (χ1n) is 7.55. The number of hydrogen-bond acceptors (Lipinski definition) is 5. The second-order valence-corrected chi connectivity index (χ2v) is 5.56. The van der Waals surface area contributed by atoms with Crippen LogP contribution in [0.25, 0.3) is 0 Å². The van der Waals surface area contributed by atoms with E-state index in [4.69, 9.17) is 10.2 Å². The maximum Gasteiger partial charge on any atom is 0.417 e. The van der Waals surface area contributed by atoms with E-state index in [1.54, 1.807) is 11.9 Å². The van der Waals surface area contributed by atoms with Crippen LogP contribution in [0.3, 0.4) is 0 Å². The van der Waals surface area contributed by atoms with E-state index in [2.05, 4.69) is 0 Å². The summed E-state index contributed by atoms with van der Waals surface area (Å²) in [6, 6.07) is 13.4. The van der Waals surface area contributed by atoms with Crippen molar-refractivity contribution in [2.24, 2.45) is 0 Å². The number of amides is 2. The topological polar surface area (TPSA) is 124 Å². The number of carboxylic acid groups (broad SMARTS) is 2. The molecule has 2 aromatic carbocycles. The largest absolute Gasteiger partial charge is 0.465 e. The monoisotopic (exact) mass is 359 g/mol. The van der Waals surface area contributed by atoms with Gasteiger partial charge in [0.2, 0.25) is 0 Å². The number of nitro benzene ring substituents is 1. The Hall–Kier alpha value is -3.62. The summed E-state index contributed by atoms with van der Waals surface area (Å²) in [5.74, 6) is 0. The van der Waals surface area contributed by atoms with Crippen molar-refractivity contribution in [3.05, 3.63) is 69.8 Å². The van der Waals surface area contributed by atoms with Crippen LogP contribution in [0.15, 0.2) is 48.5 Å². The van der Waals surface area contributed by atoms with Gasteiger partial charge in [0, 0.05) is 37.0 Å². The molecule has 0 saturated heterocycles. The zero-order chi connectivity index (χ0) is 19.3. The number of nitrogens with zero attached hydrogens (tertiary/aromatic N) is 3. The van der Waals surface area contributed by atoms with E-state index in [0.29, 0.717) is 12.2 Å². The second kappa shape index (κ2) is 7.97. The summed E-state index contributed by atoms with van der Waals surface area (Å²) in [6.07, 6.45) is -3.30. The predicted molar refractivity (Wildman–Crippen MR) is 93.2 cm³/mol. The van der Waals surface area contributed by atoms with E-state index in [0.717, 1.165) is 5.56 Å². The molecule has 0 aliphatic rings. The van der Waals surface area contributed by atoms with Gasteiger partial charge in [-0.25, -0.2) is 14.5 Å². The van der Waals surface area contributed by atoms with Crippen LogP contribution in [0.1, 0.15) is 11.1 Å². The Morgan fingerprint density at radius 3 is 2.19 bits per heavy atom. The van der Waals surface area contributed by atoms with Crippen LogP contribution in [-0.2, 0) is 13.1 Å². The van der Waals surface area contributed by atoms with E-state index in [9.17, 15) is 19.7 Å². The van der Waals surface area contributed by atoms with Gasteiger partial charge in [-0.05, 0) is 11.6 Å². The van der Waals surface area contributed by atoms with Crippen molar-refractivity contribution >= 4 is 23.6 Å². The minimum atomic E-state index is -1.65. The fourth-order valence-electron chi connectivity index (χ4n) is 2.51. The summed E-state index contributed by atoms with van der Waals surface area (Å²) in [7, 11) is 1.74. The third kappa shape index (κ3) is 4.47. The minimum absolute atomic E-state index is 0.179. The molecular formula is C17H17N3O6. The van der Waals surface area contributed by atoms with Gasteiger partial charge in [0.05, 0.1) is 11.5 Å². The van der Waals surface area contributed by atoms with Crippen molar-refractivity contribution in [2.75, 3.05) is 11.9 Å². The van der Waals surface area contributed by atoms with E-state index < -0.39 is 23.7 Å². The molecule has 0 aromatic heterocycles. The Morgan fingerprint density at radius 2 is 1.65 bits per heavy atom. The molecule has 2 aromatic rings. The molecule has 0 spiro atoms. The van der Waals surface area contributed by atoms with Crippen molar-refractivity contribution in [1.29, 1.82) is 0 Å². The summed E-state index contributed by atoms with van der Waals surface area (Å²) in [4.78, 5) is 34.6. The lowest BCUT2D eigenvalue weighted by Gasteiger charge is -2.24. The molecule has 9 nitrogen and oxygen atoms in total. The number of non-ortho nitro benzene ring substituents is 1. The predicted octanol–water partition coefficient (Wildman–Crippen LogP) is 3.39. The van der Waals surface area contributed by atoms with Gasteiger partial charge in [0.25, 0.3) is 5.69 Å². The molecule has 0 unspecified atom stereocenters. The van der Waals surface area contributed by atoms with Gasteiger partial charge in [0.1, 0.15) is 0 Å². The molecule has 2 amide bonds. The van der Waals surface area contributed by atoms with Gasteiger partial charge in [-0.1, -0.05) is 30.3 Å². The highest BCUT2D eigenvalue weighted by Gasteiger charge is 2.23. The van der Waals surface area contributed by atoms with Gasteiger partial charge in [0.15, 0.2) is 0 Å². The zero-order valence-corrected chi connectivity index (χ0v) is 13.9. The Labute approximate surface area is 148 Å². The molecule has 26 heavy (non-hydrogen) atoms. The number of hydrogen-bond donors (Lipinski definition) is 2. The molecule has 0 bridgehead atoms. The average Bonchev–Trinajstić information content (AvgIpc) is 2.59. The van der Waals surface area contributed by atoms with Crippen LogP contribution < -0.4 is 4.90 Å². The highest BCUT2D eigenvalue weighted by Crippen LogP contribution is 2.27. The van der Waals surface area contributed by atoms with Gasteiger partial charge in [-0.3, -0.25) is 10.1 Å². The lowest BCUT2D eigenvalue weighted by atomic mass is 10.1. The van der Waals surface area contributed by atoms with Crippen LogP contribution in [0.2, 0.25) is 0 Å². The molecule has 2 rings (SSSR count). The van der Waals surface area contributed by atoms with Crippen LogP contribution >= 0.6 is 0 Å². The Morgan fingerprint density at radius 1 is 1.04 bits per heavy atom. The van der Waals surface area contributed by atoms with Gasteiger partial charge in [-0.2, -0.15) is 0 Å². The first kappa shape index (κ1) is 18.7. The number of rotatable bonds is 6. The maximum atomic E-state index is 11.1. The van der Waals surface area contributed by atoms with Gasteiger partial charge < -0.3 is 15.1 Å². The molecule has 9 heteroatoms. The third-order valence-corrected chi connectivity index (χ3v) is 3.74. The second-order valence-electron chi connectivity index (χ2n) is 5.56. The van der Waals surface area contributed by atoms with Gasteiger partial charge in [-0.15, -0.1) is 0 Å². The van der Waals surface area contributed by atoms with Crippen molar-refractivity contribution < 1.29 is 24.7 Å². The standard InChI is InChI=1S/C17H17N3O6/c1-18(10-12-5-3-2-4-6-12)15-8-7-14(20(25)26)9-13(15)11-19(16(21)22)17(23)24/h2-9H,10-11H2,1H3,(H,21,22)(H,23,24). The SMILES string of the molecule is CN(Cc1ccccc1)c1ccc([N+](=O)[O-])cc1CN(C(=O)O)C(=O)O. The van der Waals surface area contributed by atoms with Crippen molar-refractivity contribution in [2.45, 2.75) is 13.1 Å². The molecule has 0 aliphatic carbocycles. The maximum absolute atomic E-state index is 11.1. The van der Waals surface area contributed by atoms with Crippen molar-refractivity contribution in [3.63, 3.8) is 0 Å². The number of imide groups is 1. The van der Waals surface area contributed by atoms with Crippen molar-refractivity contribution in [1.82, 2.24) is 4.90 Å². The molecule has 0 heterocycles. The van der Waals surface area contributed by atoms with Crippen molar-refractivity contribution in [3.8, 4) is 0 Å². The summed E-state index contributed by atoms with van der Waals surface area (Å²) >= 11 is 0. The highest BCUT2D eigenvalue weighted by atomic mass is 16.6. The normalized spacial score (nSPS) is 10.2. The average molecular weight is 359 g/mol. The van der Waals surface area contributed by atoms with Crippen LogP contribution in [0.5, 0.6) is 0 Å². The number of carbonyl (C=O) groups is 2. The van der Waals surface area contributed by atoms with E-state index in [1.165, 1.54) is 18.2 Å². The molecular weight excluding hydrogens is 342 g/mol. The molecule has 0 saturated carbocycles. The van der Waals surface area contributed by atoms with Crippen LogP contribution in [0, 0.1) is 10.1 Å².